The SMILES string of the molecule is O=Cc1ccc(-c2cc(F)c(OCC3CCOCC3)c(F)c2)o1. The molecule has 0 spiro atoms. The summed E-state index contributed by atoms with van der Waals surface area (Å²) in [5, 5.41) is 0. The number of aldehydes is 1. The molecule has 1 fully saturated rings. The van der Waals surface area contributed by atoms with Crippen LogP contribution in [0, 0.1) is 17.6 Å². The molecule has 0 bridgehead atoms. The second kappa shape index (κ2) is 6.91. The molecule has 2 aromatic rings. The van der Waals surface area contributed by atoms with Crippen LogP contribution >= 0.6 is 0 Å². The number of carbonyl (C=O) groups is 1. The molecule has 0 unspecified atom stereocenters. The van der Waals surface area contributed by atoms with E-state index >= 15 is 0 Å². The lowest BCUT2D eigenvalue weighted by molar-refractivity contribution is 0.0485. The molecule has 1 aliphatic rings. The molecule has 0 saturated carbocycles. The Morgan fingerprint density at radius 3 is 2.48 bits per heavy atom. The smallest absolute Gasteiger partial charge is 0.190 e. The zero-order valence-electron chi connectivity index (χ0n) is 12.4. The van der Waals surface area contributed by atoms with Crippen LogP contribution in [0.5, 0.6) is 5.75 Å². The minimum absolute atomic E-state index is 0.0978. The molecule has 1 aliphatic heterocycles. The molecular formula is C17H16F2O4. The zero-order chi connectivity index (χ0) is 16.2. The molecule has 0 N–H and O–H groups in total. The average Bonchev–Trinajstić information content (AvgIpc) is 3.04. The van der Waals surface area contributed by atoms with Crippen LogP contribution in [0.2, 0.25) is 0 Å². The van der Waals surface area contributed by atoms with Crippen molar-refractivity contribution in [3.05, 3.63) is 41.7 Å². The van der Waals surface area contributed by atoms with Gasteiger partial charge in [-0.2, -0.15) is 0 Å². The van der Waals surface area contributed by atoms with Gasteiger partial charge in [-0.1, -0.05) is 0 Å². The third kappa shape index (κ3) is 3.59. The number of rotatable bonds is 5. The summed E-state index contributed by atoms with van der Waals surface area (Å²) in [6, 6.07) is 5.19. The van der Waals surface area contributed by atoms with E-state index in [0.717, 1.165) is 25.0 Å². The Morgan fingerprint density at radius 1 is 1.17 bits per heavy atom. The Hall–Kier alpha value is -2.21. The Morgan fingerprint density at radius 2 is 1.87 bits per heavy atom. The van der Waals surface area contributed by atoms with E-state index in [-0.39, 0.29) is 35.4 Å². The molecule has 122 valence electrons. The van der Waals surface area contributed by atoms with E-state index in [4.69, 9.17) is 13.9 Å². The van der Waals surface area contributed by atoms with Gasteiger partial charge in [-0.15, -0.1) is 0 Å². The van der Waals surface area contributed by atoms with E-state index in [1.165, 1.54) is 12.1 Å². The molecule has 0 aliphatic carbocycles. The second-order valence-electron chi connectivity index (χ2n) is 5.46. The number of hydrogen-bond donors (Lipinski definition) is 0. The number of hydrogen-bond acceptors (Lipinski definition) is 4. The van der Waals surface area contributed by atoms with Crippen molar-refractivity contribution < 1.29 is 27.5 Å². The normalized spacial score (nSPS) is 15.6. The Kier molecular flexibility index (Phi) is 4.71. The predicted molar refractivity (Wildman–Crippen MR) is 78.5 cm³/mol. The van der Waals surface area contributed by atoms with Gasteiger partial charge in [0.1, 0.15) is 5.76 Å². The van der Waals surface area contributed by atoms with Gasteiger partial charge in [-0.25, -0.2) is 8.78 Å². The summed E-state index contributed by atoms with van der Waals surface area (Å²) in [5.74, 6) is -1.42. The van der Waals surface area contributed by atoms with E-state index in [0.29, 0.717) is 19.5 Å². The lowest BCUT2D eigenvalue weighted by atomic mass is 10.0. The van der Waals surface area contributed by atoms with E-state index < -0.39 is 11.6 Å². The third-order valence-electron chi connectivity index (χ3n) is 3.83. The lowest BCUT2D eigenvalue weighted by Crippen LogP contribution is -2.22. The van der Waals surface area contributed by atoms with Crippen molar-refractivity contribution in [1.82, 2.24) is 0 Å². The van der Waals surface area contributed by atoms with E-state index in [9.17, 15) is 13.6 Å². The van der Waals surface area contributed by atoms with Gasteiger partial charge in [0.05, 0.1) is 6.61 Å². The van der Waals surface area contributed by atoms with Crippen molar-refractivity contribution in [1.29, 1.82) is 0 Å². The summed E-state index contributed by atoms with van der Waals surface area (Å²) in [4.78, 5) is 10.6. The first kappa shape index (κ1) is 15.7. The lowest BCUT2D eigenvalue weighted by Gasteiger charge is -2.22. The number of benzene rings is 1. The molecule has 6 heteroatoms. The highest BCUT2D eigenvalue weighted by Gasteiger charge is 2.19. The van der Waals surface area contributed by atoms with Crippen molar-refractivity contribution in [2.75, 3.05) is 19.8 Å². The van der Waals surface area contributed by atoms with Crippen molar-refractivity contribution in [3.63, 3.8) is 0 Å². The fraction of sp³-hybridized carbons (Fsp3) is 0.353. The molecule has 2 heterocycles. The van der Waals surface area contributed by atoms with Crippen molar-refractivity contribution in [2.45, 2.75) is 12.8 Å². The fourth-order valence-electron chi connectivity index (χ4n) is 2.53. The first-order valence-corrected chi connectivity index (χ1v) is 7.42. The van der Waals surface area contributed by atoms with Crippen LogP contribution in [-0.4, -0.2) is 26.1 Å². The van der Waals surface area contributed by atoms with Crippen LogP contribution < -0.4 is 4.74 Å². The number of carbonyl (C=O) groups excluding carboxylic acids is 1. The maximum absolute atomic E-state index is 14.1. The van der Waals surface area contributed by atoms with E-state index in [1.807, 2.05) is 0 Å². The van der Waals surface area contributed by atoms with Crippen LogP contribution in [0.15, 0.2) is 28.7 Å². The molecule has 1 aromatic heterocycles. The fourth-order valence-corrected chi connectivity index (χ4v) is 2.53. The molecule has 0 amide bonds. The van der Waals surface area contributed by atoms with Crippen LogP contribution in [0.1, 0.15) is 23.4 Å². The first-order valence-electron chi connectivity index (χ1n) is 7.42. The maximum Gasteiger partial charge on any atom is 0.190 e. The monoisotopic (exact) mass is 322 g/mol. The quantitative estimate of drug-likeness (QED) is 0.785. The summed E-state index contributed by atoms with van der Waals surface area (Å²) < 4.78 is 44.0. The second-order valence-corrected chi connectivity index (χ2v) is 5.46. The number of halogens is 2. The van der Waals surface area contributed by atoms with Gasteiger partial charge < -0.3 is 13.9 Å². The zero-order valence-corrected chi connectivity index (χ0v) is 12.4. The highest BCUT2D eigenvalue weighted by Crippen LogP contribution is 2.30. The first-order chi connectivity index (χ1) is 11.2. The molecule has 1 aromatic carbocycles. The predicted octanol–water partition coefficient (Wildman–Crippen LogP) is 3.84. The Balaban J connectivity index is 1.75. The van der Waals surface area contributed by atoms with E-state index in [2.05, 4.69) is 0 Å². The molecule has 3 rings (SSSR count). The third-order valence-corrected chi connectivity index (χ3v) is 3.83. The molecule has 23 heavy (non-hydrogen) atoms. The molecule has 0 atom stereocenters. The summed E-state index contributed by atoms with van der Waals surface area (Å²) in [6.45, 7) is 1.55. The minimum atomic E-state index is -0.795. The van der Waals surface area contributed by atoms with Crippen molar-refractivity contribution >= 4 is 6.29 Å². The summed E-state index contributed by atoms with van der Waals surface area (Å²) in [7, 11) is 0. The highest BCUT2D eigenvalue weighted by atomic mass is 19.1. The van der Waals surface area contributed by atoms with E-state index in [1.54, 1.807) is 0 Å². The van der Waals surface area contributed by atoms with Gasteiger partial charge in [-0.05, 0) is 43.0 Å². The topological polar surface area (TPSA) is 48.7 Å². The van der Waals surface area contributed by atoms with Crippen LogP contribution in [0.3, 0.4) is 0 Å². The summed E-state index contributed by atoms with van der Waals surface area (Å²) >= 11 is 0. The maximum atomic E-state index is 14.1. The molecule has 4 nitrogen and oxygen atoms in total. The molecule has 1 saturated heterocycles. The highest BCUT2D eigenvalue weighted by molar-refractivity contribution is 5.72. The van der Waals surface area contributed by atoms with Gasteiger partial charge in [0, 0.05) is 18.8 Å². The molecular weight excluding hydrogens is 306 g/mol. The average molecular weight is 322 g/mol. The standard InChI is InChI=1S/C17H16F2O4/c18-14-7-12(16-2-1-13(9-20)23-16)8-15(19)17(14)22-10-11-3-5-21-6-4-11/h1-2,7-9,11H,3-6,10H2. The Labute approximate surface area is 132 Å². The van der Waals surface area contributed by atoms with Crippen LogP contribution in [-0.2, 0) is 4.74 Å². The van der Waals surface area contributed by atoms with Gasteiger partial charge in [0.15, 0.2) is 29.4 Å². The number of ether oxygens (including phenoxy) is 2. The summed E-state index contributed by atoms with van der Waals surface area (Å²) in [6.07, 6.45) is 2.17. The van der Waals surface area contributed by atoms with Gasteiger partial charge in [0.2, 0.25) is 0 Å². The molecule has 0 radical (unpaired) electrons. The van der Waals surface area contributed by atoms with Gasteiger partial charge in [-0.3, -0.25) is 4.79 Å². The van der Waals surface area contributed by atoms with Crippen molar-refractivity contribution in [2.24, 2.45) is 5.92 Å². The minimum Gasteiger partial charge on any atom is -0.487 e. The number of furan rings is 1. The Bertz CT molecular complexity index is 667. The summed E-state index contributed by atoms with van der Waals surface area (Å²) in [5.41, 5.74) is 0.214. The van der Waals surface area contributed by atoms with Gasteiger partial charge in [0.25, 0.3) is 0 Å². The van der Waals surface area contributed by atoms with Crippen molar-refractivity contribution in [3.8, 4) is 17.1 Å². The van der Waals surface area contributed by atoms with Gasteiger partial charge >= 0.3 is 0 Å². The van der Waals surface area contributed by atoms with Crippen LogP contribution in [0.25, 0.3) is 11.3 Å². The largest absolute Gasteiger partial charge is 0.487 e. The van der Waals surface area contributed by atoms with Crippen LogP contribution in [0.4, 0.5) is 8.78 Å².